The maximum Gasteiger partial charge on any atom is 0.258 e. The monoisotopic (exact) mass is 329 g/mol. The van der Waals surface area contributed by atoms with Crippen LogP contribution in [-0.4, -0.2) is 33.5 Å². The van der Waals surface area contributed by atoms with Crippen LogP contribution in [0.2, 0.25) is 0 Å². The van der Waals surface area contributed by atoms with E-state index in [1.165, 1.54) is 12.3 Å². The third-order valence-electron chi connectivity index (χ3n) is 1.64. The lowest BCUT2D eigenvalue weighted by Crippen LogP contribution is -2.30. The molecule has 5 nitrogen and oxygen atoms in total. The van der Waals surface area contributed by atoms with E-state index < -0.39 is 10.0 Å². The van der Waals surface area contributed by atoms with Crippen molar-refractivity contribution in [3.8, 4) is 0 Å². The summed E-state index contributed by atoms with van der Waals surface area (Å²) in [6.45, 7) is 0.923. The Hall–Kier alpha value is -0.210. The highest BCUT2D eigenvalue weighted by Crippen LogP contribution is 2.10. The maximum atomic E-state index is 11.6. The van der Waals surface area contributed by atoms with Crippen molar-refractivity contribution >= 4 is 38.4 Å². The smallest absolute Gasteiger partial charge is 0.258 e. The van der Waals surface area contributed by atoms with Crippen molar-refractivity contribution in [2.45, 2.75) is 5.03 Å². The minimum absolute atomic E-state index is 0. The molecule has 0 bridgehead atoms. The van der Waals surface area contributed by atoms with Gasteiger partial charge in [-0.05, 0) is 35.1 Å². The first-order chi connectivity index (χ1) is 7.06. The van der Waals surface area contributed by atoms with Crippen LogP contribution < -0.4 is 10.0 Å². The molecule has 0 aromatic carbocycles. The molecule has 1 aromatic heterocycles. The van der Waals surface area contributed by atoms with E-state index in [0.29, 0.717) is 13.1 Å². The number of nitrogens with zero attached hydrogens (tertiary/aromatic N) is 1. The van der Waals surface area contributed by atoms with E-state index in [2.05, 4.69) is 31.0 Å². The Labute approximate surface area is 110 Å². The zero-order chi connectivity index (χ0) is 11.3. The second-order valence-corrected chi connectivity index (χ2v) is 5.45. The van der Waals surface area contributed by atoms with Gasteiger partial charge in [0.05, 0.1) is 0 Å². The number of likely N-dealkylation sites (N-methyl/N-ethyl adjacent to an activating group) is 1. The van der Waals surface area contributed by atoms with Crippen molar-refractivity contribution in [3.63, 3.8) is 0 Å². The molecule has 0 saturated heterocycles. The van der Waals surface area contributed by atoms with Crippen LogP contribution in [0, 0.1) is 0 Å². The largest absolute Gasteiger partial charge is 0.318 e. The number of sulfonamides is 1. The summed E-state index contributed by atoms with van der Waals surface area (Å²) in [5.41, 5.74) is 0. The first-order valence-corrected chi connectivity index (χ1v) is 6.59. The number of pyridine rings is 1. The predicted molar refractivity (Wildman–Crippen MR) is 68.3 cm³/mol. The normalized spacial score (nSPS) is 10.9. The quantitative estimate of drug-likeness (QED) is 0.782. The molecule has 1 aromatic rings. The fourth-order valence-electron chi connectivity index (χ4n) is 0.906. The molecule has 16 heavy (non-hydrogen) atoms. The van der Waals surface area contributed by atoms with Crippen LogP contribution in [0.5, 0.6) is 0 Å². The van der Waals surface area contributed by atoms with E-state index in [1.807, 2.05) is 0 Å². The topological polar surface area (TPSA) is 71.1 Å². The molecule has 0 amide bonds. The molecule has 1 rings (SSSR count). The first kappa shape index (κ1) is 15.8. The molecule has 1 heterocycles. The van der Waals surface area contributed by atoms with Crippen molar-refractivity contribution in [3.05, 3.63) is 22.8 Å². The number of nitrogens with one attached hydrogen (secondary N) is 2. The average Bonchev–Trinajstić information content (AvgIpc) is 2.18. The molecule has 92 valence electrons. The second kappa shape index (κ2) is 7.18. The van der Waals surface area contributed by atoms with Crippen molar-refractivity contribution in [1.29, 1.82) is 0 Å². The lowest BCUT2D eigenvalue weighted by atomic mass is 10.5. The van der Waals surface area contributed by atoms with Gasteiger partial charge in [-0.15, -0.1) is 12.4 Å². The van der Waals surface area contributed by atoms with Gasteiger partial charge in [0, 0.05) is 23.8 Å². The van der Waals surface area contributed by atoms with Gasteiger partial charge in [-0.1, -0.05) is 0 Å². The molecule has 0 atom stereocenters. The Morgan fingerprint density at radius 2 is 2.06 bits per heavy atom. The van der Waals surface area contributed by atoms with E-state index in [1.54, 1.807) is 13.1 Å². The Kier molecular flexibility index (Phi) is 7.09. The first-order valence-electron chi connectivity index (χ1n) is 4.32. The van der Waals surface area contributed by atoms with E-state index in [4.69, 9.17) is 0 Å². The number of rotatable bonds is 5. The lowest BCUT2D eigenvalue weighted by Gasteiger charge is -2.05. The van der Waals surface area contributed by atoms with E-state index >= 15 is 0 Å². The molecule has 0 aliphatic carbocycles. The Morgan fingerprint density at radius 1 is 1.38 bits per heavy atom. The number of aromatic nitrogens is 1. The molecule has 0 unspecified atom stereocenters. The summed E-state index contributed by atoms with van der Waals surface area (Å²) in [5.74, 6) is 0. The highest BCUT2D eigenvalue weighted by atomic mass is 79.9. The summed E-state index contributed by atoms with van der Waals surface area (Å²) in [6.07, 6.45) is 1.45. The zero-order valence-corrected chi connectivity index (χ0v) is 11.8. The molecular formula is C8H13BrClN3O2S. The Balaban J connectivity index is 0.00000225. The van der Waals surface area contributed by atoms with Gasteiger partial charge >= 0.3 is 0 Å². The Bertz CT molecular complexity index is 410. The molecular weight excluding hydrogens is 318 g/mol. The average molecular weight is 331 g/mol. The van der Waals surface area contributed by atoms with E-state index in [0.717, 1.165) is 4.47 Å². The fraction of sp³-hybridized carbons (Fsp3) is 0.375. The van der Waals surface area contributed by atoms with Crippen molar-refractivity contribution in [2.24, 2.45) is 0 Å². The molecule has 0 aliphatic rings. The summed E-state index contributed by atoms with van der Waals surface area (Å²) in [5, 5.41) is 2.88. The number of hydrogen-bond donors (Lipinski definition) is 2. The molecule has 0 aliphatic heterocycles. The van der Waals surface area contributed by atoms with Crippen LogP contribution in [0.3, 0.4) is 0 Å². The van der Waals surface area contributed by atoms with E-state index in [9.17, 15) is 8.42 Å². The van der Waals surface area contributed by atoms with Gasteiger partial charge in [0.25, 0.3) is 10.0 Å². The highest BCUT2D eigenvalue weighted by molar-refractivity contribution is 9.10. The van der Waals surface area contributed by atoms with Gasteiger partial charge in [0.1, 0.15) is 0 Å². The number of hydrogen-bond acceptors (Lipinski definition) is 4. The third-order valence-corrected chi connectivity index (χ3v) is 3.49. The van der Waals surface area contributed by atoms with Gasteiger partial charge in [0.2, 0.25) is 0 Å². The predicted octanol–water partition coefficient (Wildman–Crippen LogP) is 0.764. The number of halogens is 2. The molecule has 0 spiro atoms. The van der Waals surface area contributed by atoms with Crippen LogP contribution in [0.4, 0.5) is 0 Å². The maximum absolute atomic E-state index is 11.6. The standard InChI is InChI=1S/C8H12BrN3O2S.ClH/c1-10-4-5-12-15(13,14)8-3-2-7(9)6-11-8;/h2-3,6,10,12H,4-5H2,1H3;1H. The van der Waals surface area contributed by atoms with Gasteiger partial charge in [-0.2, -0.15) is 0 Å². The fourth-order valence-corrected chi connectivity index (χ4v) is 2.10. The van der Waals surface area contributed by atoms with Crippen LogP contribution >= 0.6 is 28.3 Å². The minimum atomic E-state index is -3.47. The zero-order valence-electron chi connectivity index (χ0n) is 8.60. The van der Waals surface area contributed by atoms with Crippen molar-refractivity contribution < 1.29 is 8.42 Å². The summed E-state index contributed by atoms with van der Waals surface area (Å²) < 4.78 is 26.4. The van der Waals surface area contributed by atoms with Gasteiger partial charge in [-0.3, -0.25) is 0 Å². The van der Waals surface area contributed by atoms with Crippen molar-refractivity contribution in [1.82, 2.24) is 15.0 Å². The van der Waals surface area contributed by atoms with Gasteiger partial charge in [-0.25, -0.2) is 18.1 Å². The summed E-state index contributed by atoms with van der Waals surface area (Å²) in [7, 11) is -1.72. The third kappa shape index (κ3) is 4.75. The lowest BCUT2D eigenvalue weighted by molar-refractivity contribution is 0.575. The summed E-state index contributed by atoms with van der Waals surface area (Å²) in [6, 6.07) is 3.09. The minimum Gasteiger partial charge on any atom is -0.318 e. The molecule has 0 fully saturated rings. The molecule has 0 saturated carbocycles. The van der Waals surface area contributed by atoms with E-state index in [-0.39, 0.29) is 17.4 Å². The van der Waals surface area contributed by atoms with Crippen LogP contribution in [-0.2, 0) is 10.0 Å². The van der Waals surface area contributed by atoms with Crippen molar-refractivity contribution in [2.75, 3.05) is 20.1 Å². The molecule has 2 N–H and O–H groups in total. The second-order valence-electron chi connectivity index (χ2n) is 2.82. The SMILES string of the molecule is CNCCNS(=O)(=O)c1ccc(Br)cn1.Cl. The Morgan fingerprint density at radius 3 is 2.56 bits per heavy atom. The van der Waals surface area contributed by atoms with Crippen LogP contribution in [0.25, 0.3) is 0 Å². The summed E-state index contributed by atoms with van der Waals surface area (Å²) in [4.78, 5) is 3.81. The van der Waals surface area contributed by atoms with Crippen LogP contribution in [0.1, 0.15) is 0 Å². The molecule has 8 heteroatoms. The summed E-state index contributed by atoms with van der Waals surface area (Å²) >= 11 is 3.19. The van der Waals surface area contributed by atoms with Gasteiger partial charge in [0.15, 0.2) is 5.03 Å². The van der Waals surface area contributed by atoms with Crippen LogP contribution in [0.15, 0.2) is 27.8 Å². The highest BCUT2D eigenvalue weighted by Gasteiger charge is 2.13. The van der Waals surface area contributed by atoms with Gasteiger partial charge < -0.3 is 5.32 Å². The molecule has 0 radical (unpaired) electrons.